The van der Waals surface area contributed by atoms with Crippen LogP contribution in [-0.4, -0.2) is 9.97 Å². The lowest BCUT2D eigenvalue weighted by atomic mass is 9.85. The Morgan fingerprint density at radius 3 is 2.37 bits per heavy atom. The minimum atomic E-state index is 0.102. The predicted molar refractivity (Wildman–Crippen MR) is 124 cm³/mol. The van der Waals surface area contributed by atoms with Crippen LogP contribution in [0.2, 0.25) is 5.15 Å². The van der Waals surface area contributed by atoms with E-state index >= 15 is 0 Å². The quantitative estimate of drug-likeness (QED) is 0.332. The average Bonchev–Trinajstić information content (AvgIpc) is 2.72. The lowest BCUT2D eigenvalue weighted by molar-refractivity contribution is 0.309. The molecule has 0 unspecified atom stereocenters. The van der Waals surface area contributed by atoms with E-state index in [1.807, 2.05) is 42.5 Å². The van der Waals surface area contributed by atoms with E-state index in [2.05, 4.69) is 50.9 Å². The maximum absolute atomic E-state index is 6.18. The molecule has 0 aliphatic rings. The van der Waals surface area contributed by atoms with E-state index < -0.39 is 0 Å². The minimum Gasteiger partial charge on any atom is -0.486 e. The van der Waals surface area contributed by atoms with Crippen LogP contribution in [0.3, 0.4) is 0 Å². The van der Waals surface area contributed by atoms with Gasteiger partial charge in [0, 0.05) is 11.6 Å². The standard InChI is InChI=1S/C26H25ClN2O/c1-17-14-19(26(2,3)4)10-11-20(17)22-15-23(30-16-18-8-6-5-7-9-18)25-21(28-22)12-13-24(27)29-25/h5-15H,16H2,1-4H3. The summed E-state index contributed by atoms with van der Waals surface area (Å²) >= 11 is 6.16. The van der Waals surface area contributed by atoms with Crippen LogP contribution in [0.25, 0.3) is 22.3 Å². The molecule has 0 bridgehead atoms. The molecule has 4 rings (SSSR count). The second kappa shape index (κ2) is 8.08. The molecule has 152 valence electrons. The first-order valence-corrected chi connectivity index (χ1v) is 10.4. The highest BCUT2D eigenvalue weighted by molar-refractivity contribution is 6.29. The zero-order valence-electron chi connectivity index (χ0n) is 17.7. The maximum atomic E-state index is 6.18. The largest absolute Gasteiger partial charge is 0.486 e. The molecule has 0 saturated carbocycles. The third kappa shape index (κ3) is 4.31. The number of nitrogens with zero attached hydrogens (tertiary/aromatic N) is 2. The summed E-state index contributed by atoms with van der Waals surface area (Å²) in [5, 5.41) is 0.423. The van der Waals surface area contributed by atoms with Gasteiger partial charge in [-0.1, -0.05) is 80.9 Å². The molecule has 30 heavy (non-hydrogen) atoms. The summed E-state index contributed by atoms with van der Waals surface area (Å²) in [6.07, 6.45) is 0. The molecule has 0 amide bonds. The van der Waals surface area contributed by atoms with Gasteiger partial charge >= 0.3 is 0 Å². The zero-order valence-corrected chi connectivity index (χ0v) is 18.5. The van der Waals surface area contributed by atoms with Crippen molar-refractivity contribution < 1.29 is 4.74 Å². The molecule has 0 radical (unpaired) electrons. The lowest BCUT2D eigenvalue weighted by Gasteiger charge is -2.20. The summed E-state index contributed by atoms with van der Waals surface area (Å²) in [6, 6.07) is 22.3. The Bertz CT molecular complexity index is 1200. The van der Waals surface area contributed by atoms with Gasteiger partial charge in [-0.3, -0.25) is 0 Å². The van der Waals surface area contributed by atoms with Crippen molar-refractivity contribution in [2.45, 2.75) is 39.7 Å². The number of aryl methyl sites for hydroxylation is 1. The second-order valence-corrected chi connectivity index (χ2v) is 8.95. The van der Waals surface area contributed by atoms with Gasteiger partial charge in [0.1, 0.15) is 23.0 Å². The fraction of sp³-hybridized carbons (Fsp3) is 0.231. The summed E-state index contributed by atoms with van der Waals surface area (Å²) in [7, 11) is 0. The molecule has 2 aromatic carbocycles. The van der Waals surface area contributed by atoms with Crippen LogP contribution in [0, 0.1) is 6.92 Å². The van der Waals surface area contributed by atoms with Gasteiger partial charge in [-0.2, -0.15) is 0 Å². The van der Waals surface area contributed by atoms with Crippen molar-refractivity contribution >= 4 is 22.6 Å². The van der Waals surface area contributed by atoms with E-state index in [0.29, 0.717) is 23.0 Å². The Balaban J connectivity index is 1.78. The van der Waals surface area contributed by atoms with E-state index in [1.165, 1.54) is 11.1 Å². The number of ether oxygens (including phenoxy) is 1. The number of fused-ring (bicyclic) bond motifs is 1. The zero-order chi connectivity index (χ0) is 21.3. The van der Waals surface area contributed by atoms with Gasteiger partial charge in [0.15, 0.2) is 0 Å². The topological polar surface area (TPSA) is 35.0 Å². The van der Waals surface area contributed by atoms with Crippen LogP contribution < -0.4 is 4.74 Å². The average molecular weight is 417 g/mol. The van der Waals surface area contributed by atoms with Crippen molar-refractivity contribution in [2.75, 3.05) is 0 Å². The molecule has 0 fully saturated rings. The Hall–Kier alpha value is -2.91. The number of hydrogen-bond donors (Lipinski definition) is 0. The lowest BCUT2D eigenvalue weighted by Crippen LogP contribution is -2.11. The molecular weight excluding hydrogens is 392 g/mol. The van der Waals surface area contributed by atoms with Crippen molar-refractivity contribution in [1.82, 2.24) is 9.97 Å². The molecular formula is C26H25ClN2O. The van der Waals surface area contributed by atoms with Crippen LogP contribution in [0.5, 0.6) is 5.75 Å². The predicted octanol–water partition coefficient (Wildman–Crippen LogP) is 7.14. The van der Waals surface area contributed by atoms with Crippen molar-refractivity contribution in [1.29, 1.82) is 0 Å². The molecule has 2 aromatic heterocycles. The van der Waals surface area contributed by atoms with Crippen molar-refractivity contribution in [3.8, 4) is 17.0 Å². The number of halogens is 1. The molecule has 0 atom stereocenters. The first kappa shape index (κ1) is 20.4. The number of hydrogen-bond acceptors (Lipinski definition) is 3. The molecule has 4 heteroatoms. The monoisotopic (exact) mass is 416 g/mol. The Labute approximate surface area is 182 Å². The van der Waals surface area contributed by atoms with Gasteiger partial charge < -0.3 is 4.74 Å². The summed E-state index contributed by atoms with van der Waals surface area (Å²) in [6.45, 7) is 9.25. The van der Waals surface area contributed by atoms with Gasteiger partial charge in [0.05, 0.1) is 11.2 Å². The molecule has 0 spiro atoms. The summed E-state index contributed by atoms with van der Waals surface area (Å²) in [5.41, 5.74) is 7.08. The van der Waals surface area contributed by atoms with Crippen LogP contribution in [0.4, 0.5) is 0 Å². The third-order valence-electron chi connectivity index (χ3n) is 5.19. The highest BCUT2D eigenvalue weighted by Gasteiger charge is 2.17. The van der Waals surface area contributed by atoms with Crippen LogP contribution in [-0.2, 0) is 12.0 Å². The first-order chi connectivity index (χ1) is 14.3. The summed E-state index contributed by atoms with van der Waals surface area (Å²) in [5.74, 6) is 0.681. The normalized spacial score (nSPS) is 11.6. The Kier molecular flexibility index (Phi) is 5.48. The summed E-state index contributed by atoms with van der Waals surface area (Å²) in [4.78, 5) is 9.32. The Morgan fingerprint density at radius 2 is 1.67 bits per heavy atom. The first-order valence-electron chi connectivity index (χ1n) is 10.1. The van der Waals surface area contributed by atoms with E-state index in [0.717, 1.165) is 22.3 Å². The van der Waals surface area contributed by atoms with Crippen LogP contribution in [0.1, 0.15) is 37.5 Å². The van der Waals surface area contributed by atoms with E-state index in [-0.39, 0.29) is 5.41 Å². The Morgan fingerprint density at radius 1 is 0.900 bits per heavy atom. The molecule has 0 aliphatic heterocycles. The molecule has 0 aliphatic carbocycles. The van der Waals surface area contributed by atoms with Gasteiger partial charge in [-0.05, 0) is 41.2 Å². The maximum Gasteiger partial charge on any atom is 0.149 e. The molecule has 2 heterocycles. The van der Waals surface area contributed by atoms with Crippen LogP contribution in [0.15, 0.2) is 66.7 Å². The number of aromatic nitrogens is 2. The van der Waals surface area contributed by atoms with E-state index in [4.69, 9.17) is 21.3 Å². The number of benzene rings is 2. The van der Waals surface area contributed by atoms with Gasteiger partial charge in [0.2, 0.25) is 0 Å². The number of pyridine rings is 2. The van der Waals surface area contributed by atoms with Gasteiger partial charge in [-0.25, -0.2) is 9.97 Å². The van der Waals surface area contributed by atoms with E-state index in [1.54, 1.807) is 6.07 Å². The summed E-state index contributed by atoms with van der Waals surface area (Å²) < 4.78 is 6.18. The highest BCUT2D eigenvalue weighted by Crippen LogP contribution is 2.33. The van der Waals surface area contributed by atoms with Crippen LogP contribution >= 0.6 is 11.6 Å². The van der Waals surface area contributed by atoms with Crippen molar-refractivity contribution in [3.05, 3.63) is 88.6 Å². The van der Waals surface area contributed by atoms with Gasteiger partial charge in [-0.15, -0.1) is 0 Å². The minimum absolute atomic E-state index is 0.102. The SMILES string of the molecule is Cc1cc(C(C)(C)C)ccc1-c1cc(OCc2ccccc2)c2nc(Cl)ccc2n1. The third-order valence-corrected chi connectivity index (χ3v) is 5.40. The smallest absolute Gasteiger partial charge is 0.149 e. The molecule has 0 N–H and O–H groups in total. The second-order valence-electron chi connectivity index (χ2n) is 8.56. The van der Waals surface area contributed by atoms with Crippen molar-refractivity contribution in [2.24, 2.45) is 0 Å². The van der Waals surface area contributed by atoms with E-state index in [9.17, 15) is 0 Å². The molecule has 3 nitrogen and oxygen atoms in total. The molecule has 0 saturated heterocycles. The van der Waals surface area contributed by atoms with Crippen molar-refractivity contribution in [3.63, 3.8) is 0 Å². The fourth-order valence-corrected chi connectivity index (χ4v) is 3.60. The molecule has 4 aromatic rings. The fourth-order valence-electron chi connectivity index (χ4n) is 3.45. The highest BCUT2D eigenvalue weighted by atomic mass is 35.5. The van der Waals surface area contributed by atoms with Gasteiger partial charge in [0.25, 0.3) is 0 Å². The number of rotatable bonds is 4.